The average molecular weight is 276 g/mol. The molecular formula is C18H16N2O. The average Bonchev–Trinajstić information content (AvgIpc) is 2.52. The zero-order chi connectivity index (χ0) is 14.7. The van der Waals surface area contributed by atoms with Gasteiger partial charge in [0.15, 0.2) is 0 Å². The Hall–Kier alpha value is -2.68. The van der Waals surface area contributed by atoms with E-state index in [1.54, 1.807) is 0 Å². The summed E-state index contributed by atoms with van der Waals surface area (Å²) in [5.41, 5.74) is 4.16. The van der Waals surface area contributed by atoms with E-state index in [4.69, 9.17) is 0 Å². The van der Waals surface area contributed by atoms with Crippen LogP contribution >= 0.6 is 0 Å². The van der Waals surface area contributed by atoms with Gasteiger partial charge < -0.3 is 4.98 Å². The summed E-state index contributed by atoms with van der Waals surface area (Å²) < 4.78 is 0. The topological polar surface area (TPSA) is 45.8 Å². The van der Waals surface area contributed by atoms with E-state index >= 15 is 0 Å². The van der Waals surface area contributed by atoms with Crippen LogP contribution < -0.4 is 5.56 Å². The van der Waals surface area contributed by atoms with E-state index < -0.39 is 0 Å². The molecule has 0 atom stereocenters. The SMILES string of the molecule is Cc1[nH]c(=O)c(Cc2ccccc2)nc1-c1ccccc1. The number of benzene rings is 2. The molecule has 0 aliphatic heterocycles. The number of nitrogens with zero attached hydrogens (tertiary/aromatic N) is 1. The van der Waals surface area contributed by atoms with Gasteiger partial charge in [-0.25, -0.2) is 4.98 Å². The van der Waals surface area contributed by atoms with Crippen molar-refractivity contribution in [2.24, 2.45) is 0 Å². The van der Waals surface area contributed by atoms with Crippen LogP contribution in [0.3, 0.4) is 0 Å². The molecule has 2 aromatic carbocycles. The van der Waals surface area contributed by atoms with E-state index in [-0.39, 0.29) is 5.56 Å². The molecule has 3 rings (SSSR count). The van der Waals surface area contributed by atoms with Crippen LogP contribution in [0.25, 0.3) is 11.3 Å². The summed E-state index contributed by atoms with van der Waals surface area (Å²) in [6, 6.07) is 19.8. The maximum Gasteiger partial charge on any atom is 0.270 e. The summed E-state index contributed by atoms with van der Waals surface area (Å²) in [4.78, 5) is 19.6. The molecule has 0 spiro atoms. The molecule has 1 aromatic heterocycles. The van der Waals surface area contributed by atoms with Crippen molar-refractivity contribution in [1.82, 2.24) is 9.97 Å². The maximum absolute atomic E-state index is 12.1. The van der Waals surface area contributed by atoms with Gasteiger partial charge in [0.25, 0.3) is 5.56 Å². The van der Waals surface area contributed by atoms with E-state index in [9.17, 15) is 4.79 Å². The zero-order valence-corrected chi connectivity index (χ0v) is 11.8. The van der Waals surface area contributed by atoms with Crippen LogP contribution in [0.5, 0.6) is 0 Å². The van der Waals surface area contributed by atoms with Gasteiger partial charge in [-0.2, -0.15) is 0 Å². The molecule has 0 aliphatic rings. The van der Waals surface area contributed by atoms with Crippen molar-refractivity contribution in [2.75, 3.05) is 0 Å². The van der Waals surface area contributed by atoms with Gasteiger partial charge in [-0.05, 0) is 12.5 Å². The highest BCUT2D eigenvalue weighted by Crippen LogP contribution is 2.19. The van der Waals surface area contributed by atoms with Crippen LogP contribution in [0, 0.1) is 6.92 Å². The van der Waals surface area contributed by atoms with Crippen molar-refractivity contribution in [3.05, 3.63) is 88.0 Å². The largest absolute Gasteiger partial charge is 0.323 e. The number of aromatic nitrogens is 2. The first-order valence-electron chi connectivity index (χ1n) is 6.93. The molecular weight excluding hydrogens is 260 g/mol. The monoisotopic (exact) mass is 276 g/mol. The smallest absolute Gasteiger partial charge is 0.270 e. The maximum atomic E-state index is 12.1. The van der Waals surface area contributed by atoms with Gasteiger partial charge in [-0.1, -0.05) is 60.7 Å². The van der Waals surface area contributed by atoms with E-state index in [0.29, 0.717) is 12.1 Å². The van der Waals surface area contributed by atoms with Gasteiger partial charge in [-0.15, -0.1) is 0 Å². The summed E-state index contributed by atoms with van der Waals surface area (Å²) in [6.45, 7) is 1.88. The van der Waals surface area contributed by atoms with Gasteiger partial charge in [0.05, 0.1) is 5.69 Å². The van der Waals surface area contributed by atoms with Gasteiger partial charge in [0.2, 0.25) is 0 Å². The molecule has 1 heterocycles. The normalized spacial score (nSPS) is 10.5. The second-order valence-electron chi connectivity index (χ2n) is 5.01. The minimum absolute atomic E-state index is 0.115. The number of H-pyrrole nitrogens is 1. The van der Waals surface area contributed by atoms with Crippen LogP contribution in [-0.4, -0.2) is 9.97 Å². The molecule has 21 heavy (non-hydrogen) atoms. The fourth-order valence-corrected chi connectivity index (χ4v) is 2.36. The van der Waals surface area contributed by atoms with Crippen LogP contribution in [0.2, 0.25) is 0 Å². The third kappa shape index (κ3) is 2.92. The van der Waals surface area contributed by atoms with Crippen molar-refractivity contribution in [3.8, 4) is 11.3 Å². The molecule has 0 amide bonds. The first-order chi connectivity index (χ1) is 10.2. The van der Waals surface area contributed by atoms with Gasteiger partial charge >= 0.3 is 0 Å². The number of hydrogen-bond acceptors (Lipinski definition) is 2. The van der Waals surface area contributed by atoms with E-state index in [1.165, 1.54) is 0 Å². The highest BCUT2D eigenvalue weighted by Gasteiger charge is 2.10. The highest BCUT2D eigenvalue weighted by molar-refractivity contribution is 5.61. The highest BCUT2D eigenvalue weighted by atomic mass is 16.1. The van der Waals surface area contributed by atoms with Crippen molar-refractivity contribution in [1.29, 1.82) is 0 Å². The Kier molecular flexibility index (Phi) is 3.65. The van der Waals surface area contributed by atoms with Crippen LogP contribution in [-0.2, 0) is 6.42 Å². The van der Waals surface area contributed by atoms with Crippen LogP contribution in [0.4, 0.5) is 0 Å². The first kappa shape index (κ1) is 13.3. The lowest BCUT2D eigenvalue weighted by molar-refractivity contribution is 0.967. The van der Waals surface area contributed by atoms with E-state index in [2.05, 4.69) is 9.97 Å². The molecule has 3 nitrogen and oxygen atoms in total. The molecule has 3 aromatic rings. The van der Waals surface area contributed by atoms with E-state index in [0.717, 1.165) is 22.5 Å². The second kappa shape index (κ2) is 5.75. The molecule has 3 heteroatoms. The predicted molar refractivity (Wildman–Crippen MR) is 84.3 cm³/mol. The summed E-state index contributed by atoms with van der Waals surface area (Å²) in [6.07, 6.45) is 0.538. The summed E-state index contributed by atoms with van der Waals surface area (Å²) in [5, 5.41) is 0. The third-order valence-electron chi connectivity index (χ3n) is 3.43. The molecule has 0 saturated carbocycles. The first-order valence-corrected chi connectivity index (χ1v) is 6.93. The fraction of sp³-hybridized carbons (Fsp3) is 0.111. The molecule has 0 radical (unpaired) electrons. The van der Waals surface area contributed by atoms with Gasteiger partial charge in [0, 0.05) is 17.7 Å². The number of aromatic amines is 1. The van der Waals surface area contributed by atoms with Crippen molar-refractivity contribution < 1.29 is 0 Å². The Morgan fingerprint density at radius 1 is 0.952 bits per heavy atom. The van der Waals surface area contributed by atoms with Crippen molar-refractivity contribution in [2.45, 2.75) is 13.3 Å². The molecule has 0 unspecified atom stereocenters. The Morgan fingerprint density at radius 3 is 2.24 bits per heavy atom. The third-order valence-corrected chi connectivity index (χ3v) is 3.43. The molecule has 0 bridgehead atoms. The Balaban J connectivity index is 2.04. The standard InChI is InChI=1S/C18H16N2O/c1-13-17(15-10-6-3-7-11-15)20-16(18(21)19-13)12-14-8-4-2-5-9-14/h2-11H,12H2,1H3,(H,19,21). The molecule has 0 fully saturated rings. The summed E-state index contributed by atoms with van der Waals surface area (Å²) >= 11 is 0. The molecule has 0 aliphatic carbocycles. The second-order valence-corrected chi connectivity index (χ2v) is 5.01. The van der Waals surface area contributed by atoms with Gasteiger partial charge in [0.1, 0.15) is 5.69 Å². The number of hydrogen-bond donors (Lipinski definition) is 1. The predicted octanol–water partition coefficient (Wildman–Crippen LogP) is 3.34. The summed E-state index contributed by atoms with van der Waals surface area (Å²) in [5.74, 6) is 0. The number of rotatable bonds is 3. The zero-order valence-electron chi connectivity index (χ0n) is 11.8. The van der Waals surface area contributed by atoms with Crippen LogP contribution in [0.15, 0.2) is 65.5 Å². The molecule has 104 valence electrons. The van der Waals surface area contributed by atoms with E-state index in [1.807, 2.05) is 67.6 Å². The number of nitrogens with one attached hydrogen (secondary N) is 1. The van der Waals surface area contributed by atoms with Crippen LogP contribution in [0.1, 0.15) is 17.0 Å². The Labute approximate surface area is 123 Å². The lowest BCUT2D eigenvalue weighted by Gasteiger charge is -2.08. The number of aryl methyl sites for hydroxylation is 1. The Bertz CT molecular complexity index is 792. The fourth-order valence-electron chi connectivity index (χ4n) is 2.36. The minimum Gasteiger partial charge on any atom is -0.323 e. The molecule has 0 saturated heterocycles. The molecule has 1 N–H and O–H groups in total. The minimum atomic E-state index is -0.115. The van der Waals surface area contributed by atoms with Crippen molar-refractivity contribution in [3.63, 3.8) is 0 Å². The lowest BCUT2D eigenvalue weighted by Crippen LogP contribution is -2.17. The van der Waals surface area contributed by atoms with Crippen molar-refractivity contribution >= 4 is 0 Å². The lowest BCUT2D eigenvalue weighted by atomic mass is 10.1. The Morgan fingerprint density at radius 2 is 1.57 bits per heavy atom. The quantitative estimate of drug-likeness (QED) is 0.797. The summed E-state index contributed by atoms with van der Waals surface area (Å²) in [7, 11) is 0. The van der Waals surface area contributed by atoms with Gasteiger partial charge in [-0.3, -0.25) is 4.79 Å².